The lowest BCUT2D eigenvalue weighted by Gasteiger charge is -2.38. The number of para-hydroxylation sites is 2. The summed E-state index contributed by atoms with van der Waals surface area (Å²) in [5.74, 6) is -2.27. The lowest BCUT2D eigenvalue weighted by atomic mass is 9.62. The third kappa shape index (κ3) is 3.95. The minimum atomic E-state index is -1.46. The van der Waals surface area contributed by atoms with Gasteiger partial charge in [0, 0.05) is 17.5 Å². The quantitative estimate of drug-likeness (QED) is 0.253. The maximum atomic E-state index is 14.9. The molecule has 6 nitrogen and oxygen atoms in total. The van der Waals surface area contributed by atoms with Crippen LogP contribution < -0.4 is 10.1 Å². The second kappa shape index (κ2) is 10.3. The van der Waals surface area contributed by atoms with Gasteiger partial charge in [0.2, 0.25) is 5.91 Å². The van der Waals surface area contributed by atoms with Crippen molar-refractivity contribution in [1.29, 1.82) is 0 Å². The number of Topliss-reactive ketones (excluding diaryl/α,β-unsaturated/α-hetero) is 2. The van der Waals surface area contributed by atoms with Gasteiger partial charge in [-0.25, -0.2) is 4.39 Å². The molecule has 1 amide bonds. The molecule has 214 valence electrons. The van der Waals surface area contributed by atoms with Crippen LogP contribution in [0, 0.1) is 11.7 Å². The number of anilines is 1. The van der Waals surface area contributed by atoms with Crippen LogP contribution in [0.2, 0.25) is 0 Å². The number of carbonyl (C=O) groups is 3. The predicted molar refractivity (Wildman–Crippen MR) is 161 cm³/mol. The average molecular weight is 573 g/mol. The van der Waals surface area contributed by atoms with Crippen molar-refractivity contribution in [1.82, 2.24) is 4.90 Å². The fourth-order valence-corrected chi connectivity index (χ4v) is 7.13. The Kier molecular flexibility index (Phi) is 6.46. The number of hydrogen-bond acceptors (Lipinski definition) is 5. The first-order chi connectivity index (χ1) is 21.0. The molecule has 3 heterocycles. The van der Waals surface area contributed by atoms with E-state index in [1.165, 1.54) is 24.3 Å². The molecule has 3 aliphatic rings. The smallest absolute Gasteiger partial charge is 0.238 e. The first-order valence-corrected chi connectivity index (χ1v) is 14.5. The Morgan fingerprint density at radius 2 is 1.63 bits per heavy atom. The number of hydrogen-bond donors (Lipinski definition) is 1. The van der Waals surface area contributed by atoms with Crippen molar-refractivity contribution in [3.63, 3.8) is 0 Å². The zero-order valence-corrected chi connectivity index (χ0v) is 23.5. The summed E-state index contributed by atoms with van der Waals surface area (Å²) >= 11 is 0. The molecule has 1 N–H and O–H groups in total. The van der Waals surface area contributed by atoms with Gasteiger partial charge in [-0.2, -0.15) is 0 Å². The molecule has 0 aliphatic carbocycles. The van der Waals surface area contributed by atoms with E-state index < -0.39 is 35.0 Å². The Bertz CT molecular complexity index is 1800. The molecule has 0 radical (unpaired) electrons. The number of halogens is 1. The molecule has 4 aromatic rings. The average Bonchev–Trinajstić information content (AvgIpc) is 3.52. The Balaban J connectivity index is 1.51. The van der Waals surface area contributed by atoms with Crippen molar-refractivity contribution in [2.45, 2.75) is 30.8 Å². The summed E-state index contributed by atoms with van der Waals surface area (Å²) in [6.45, 7) is 2.41. The molecular weight excluding hydrogens is 543 g/mol. The third-order valence-electron chi connectivity index (χ3n) is 8.86. The molecule has 4 atom stereocenters. The molecule has 0 unspecified atom stereocenters. The summed E-state index contributed by atoms with van der Waals surface area (Å²) in [5, 5.41) is 3.04. The van der Waals surface area contributed by atoms with E-state index in [0.717, 1.165) is 17.5 Å². The van der Waals surface area contributed by atoms with Gasteiger partial charge in [0.05, 0.1) is 24.1 Å². The minimum absolute atomic E-state index is 0.230. The standard InChI is InChI=1S/C36H29FN2O4/c1-2-21-43-29-14-8-5-11-26(29)33(41)31-30(32(40)23-15-17-24(37)18-16-23)36(27-12-6-7-13-28(27)38-35(36)42)34-25-10-4-3-9-22(25)19-20-39(31)34/h3-20,30-31,34H,2,21H2,1H3,(H,38,42)/t30-,31+,34+,36-/m1/s1. The van der Waals surface area contributed by atoms with Gasteiger partial charge in [0.1, 0.15) is 23.0 Å². The molecule has 0 aromatic heterocycles. The lowest BCUT2D eigenvalue weighted by Crippen LogP contribution is -2.49. The van der Waals surface area contributed by atoms with Gasteiger partial charge < -0.3 is 15.0 Å². The minimum Gasteiger partial charge on any atom is -0.493 e. The molecule has 7 heteroatoms. The van der Waals surface area contributed by atoms with Gasteiger partial charge in [0.15, 0.2) is 11.6 Å². The van der Waals surface area contributed by atoms with Gasteiger partial charge >= 0.3 is 0 Å². The van der Waals surface area contributed by atoms with Crippen molar-refractivity contribution in [2.24, 2.45) is 5.92 Å². The van der Waals surface area contributed by atoms with E-state index in [1.54, 1.807) is 24.3 Å². The number of ether oxygens (including phenoxy) is 1. The van der Waals surface area contributed by atoms with Crippen LogP contribution in [0.1, 0.15) is 56.8 Å². The molecular formula is C36H29FN2O4. The molecule has 43 heavy (non-hydrogen) atoms. The molecule has 4 aromatic carbocycles. The molecule has 7 rings (SSSR count). The first kappa shape index (κ1) is 26.8. The number of carbonyl (C=O) groups excluding carboxylic acids is 3. The summed E-state index contributed by atoms with van der Waals surface area (Å²) in [6, 6.07) is 25.7. The Morgan fingerprint density at radius 1 is 0.907 bits per heavy atom. The highest BCUT2D eigenvalue weighted by atomic mass is 19.1. The zero-order chi connectivity index (χ0) is 29.7. The Labute approximate surface area is 248 Å². The number of amides is 1. The predicted octanol–water partition coefficient (Wildman–Crippen LogP) is 6.60. The van der Waals surface area contributed by atoms with Gasteiger partial charge in [-0.15, -0.1) is 0 Å². The van der Waals surface area contributed by atoms with Gasteiger partial charge in [0.25, 0.3) is 0 Å². The van der Waals surface area contributed by atoms with Gasteiger partial charge in [-0.3, -0.25) is 14.4 Å². The Morgan fingerprint density at radius 3 is 2.44 bits per heavy atom. The molecule has 3 aliphatic heterocycles. The second-order valence-electron chi connectivity index (χ2n) is 11.2. The number of rotatable bonds is 7. The monoisotopic (exact) mass is 572 g/mol. The van der Waals surface area contributed by atoms with Crippen molar-refractivity contribution in [3.8, 4) is 5.75 Å². The number of benzene rings is 4. The number of nitrogens with one attached hydrogen (secondary N) is 1. The van der Waals surface area contributed by atoms with E-state index in [0.29, 0.717) is 29.2 Å². The summed E-state index contributed by atoms with van der Waals surface area (Å²) in [7, 11) is 0. The second-order valence-corrected chi connectivity index (χ2v) is 11.2. The van der Waals surface area contributed by atoms with Crippen molar-refractivity contribution in [3.05, 3.63) is 137 Å². The molecule has 0 saturated carbocycles. The summed E-state index contributed by atoms with van der Waals surface area (Å²) in [5.41, 5.74) is 2.14. The van der Waals surface area contributed by atoms with E-state index >= 15 is 0 Å². The van der Waals surface area contributed by atoms with Crippen LogP contribution in [0.4, 0.5) is 10.1 Å². The van der Waals surface area contributed by atoms with Crippen molar-refractivity contribution in [2.75, 3.05) is 11.9 Å². The highest BCUT2D eigenvalue weighted by Crippen LogP contribution is 2.62. The largest absolute Gasteiger partial charge is 0.493 e. The van der Waals surface area contributed by atoms with E-state index in [2.05, 4.69) is 5.32 Å². The molecule has 1 saturated heterocycles. The summed E-state index contributed by atoms with van der Waals surface area (Å²) < 4.78 is 20.0. The summed E-state index contributed by atoms with van der Waals surface area (Å²) in [4.78, 5) is 46.1. The first-order valence-electron chi connectivity index (χ1n) is 14.5. The fourth-order valence-electron chi connectivity index (χ4n) is 7.13. The number of fused-ring (bicyclic) bond motifs is 6. The maximum absolute atomic E-state index is 14.9. The van der Waals surface area contributed by atoms with Gasteiger partial charge in [-0.1, -0.05) is 61.5 Å². The van der Waals surface area contributed by atoms with E-state index in [9.17, 15) is 18.8 Å². The molecule has 1 fully saturated rings. The van der Waals surface area contributed by atoms with Crippen LogP contribution in [-0.2, 0) is 10.2 Å². The highest BCUT2D eigenvalue weighted by molar-refractivity contribution is 6.17. The molecule has 1 spiro atoms. The normalized spacial score (nSPS) is 23.0. The number of nitrogens with zero attached hydrogens (tertiary/aromatic N) is 1. The van der Waals surface area contributed by atoms with E-state index in [1.807, 2.05) is 72.6 Å². The van der Waals surface area contributed by atoms with Crippen LogP contribution in [0.25, 0.3) is 6.08 Å². The third-order valence-corrected chi connectivity index (χ3v) is 8.86. The highest BCUT2D eigenvalue weighted by Gasteiger charge is 2.70. The van der Waals surface area contributed by atoms with Crippen LogP contribution in [0.3, 0.4) is 0 Å². The SMILES string of the molecule is CCCOc1ccccc1C(=O)[C@@H]1[C@H](C(=O)c2ccc(F)cc2)[C@@]2(C(=O)Nc3ccccc32)[C@@H]2c3ccccc3C=CN12. The van der Waals surface area contributed by atoms with E-state index in [-0.39, 0.29) is 17.3 Å². The summed E-state index contributed by atoms with van der Waals surface area (Å²) in [6.07, 6.45) is 4.51. The van der Waals surface area contributed by atoms with E-state index in [4.69, 9.17) is 4.74 Å². The molecule has 0 bridgehead atoms. The van der Waals surface area contributed by atoms with Gasteiger partial charge in [-0.05, 0) is 71.7 Å². The Hall–Kier alpha value is -5.04. The fraction of sp³-hybridized carbons (Fsp3) is 0.194. The zero-order valence-electron chi connectivity index (χ0n) is 23.5. The topological polar surface area (TPSA) is 75.7 Å². The van der Waals surface area contributed by atoms with Crippen LogP contribution >= 0.6 is 0 Å². The maximum Gasteiger partial charge on any atom is 0.238 e. The van der Waals surface area contributed by atoms with Crippen molar-refractivity contribution >= 4 is 29.2 Å². The number of ketones is 2. The van der Waals surface area contributed by atoms with Crippen LogP contribution in [0.5, 0.6) is 5.75 Å². The van der Waals surface area contributed by atoms with Crippen LogP contribution in [0.15, 0.2) is 103 Å². The lowest BCUT2D eigenvalue weighted by molar-refractivity contribution is -0.122. The van der Waals surface area contributed by atoms with Crippen LogP contribution in [-0.4, -0.2) is 35.0 Å². The van der Waals surface area contributed by atoms with Crippen molar-refractivity contribution < 1.29 is 23.5 Å².